The molecule has 0 aliphatic heterocycles. The van der Waals surface area contributed by atoms with E-state index >= 15 is 0 Å². The third-order valence-corrected chi connectivity index (χ3v) is 3.96. The molecule has 0 aromatic carbocycles. The first kappa shape index (κ1) is 10.4. The Bertz CT molecular complexity index is 189. The molecule has 0 amide bonds. The van der Waals surface area contributed by atoms with Crippen LogP contribution in [0.4, 0.5) is 4.39 Å². The molecule has 0 radical (unpaired) electrons. The molecular formula is C12H22FN. The highest BCUT2D eigenvalue weighted by molar-refractivity contribution is 4.91. The SMILES string of the molecule is NC1CCCC(F)(CC2CCCC2)C1. The third-order valence-electron chi connectivity index (χ3n) is 3.96. The van der Waals surface area contributed by atoms with Crippen LogP contribution in [-0.2, 0) is 0 Å². The fourth-order valence-corrected chi connectivity index (χ4v) is 3.27. The Balaban J connectivity index is 1.87. The van der Waals surface area contributed by atoms with Crippen LogP contribution in [0, 0.1) is 5.92 Å². The van der Waals surface area contributed by atoms with Crippen LogP contribution in [0.15, 0.2) is 0 Å². The highest BCUT2D eigenvalue weighted by atomic mass is 19.1. The molecule has 0 heterocycles. The first-order valence-electron chi connectivity index (χ1n) is 6.12. The molecule has 82 valence electrons. The van der Waals surface area contributed by atoms with Crippen LogP contribution in [0.3, 0.4) is 0 Å². The molecule has 14 heavy (non-hydrogen) atoms. The summed E-state index contributed by atoms with van der Waals surface area (Å²) in [6, 6.07) is 0.121. The summed E-state index contributed by atoms with van der Waals surface area (Å²) >= 11 is 0. The Labute approximate surface area is 86.2 Å². The molecule has 0 spiro atoms. The van der Waals surface area contributed by atoms with Crippen LogP contribution in [0.25, 0.3) is 0 Å². The van der Waals surface area contributed by atoms with Gasteiger partial charge in [-0.1, -0.05) is 25.7 Å². The lowest BCUT2D eigenvalue weighted by molar-refractivity contribution is 0.0675. The summed E-state index contributed by atoms with van der Waals surface area (Å²) in [6.45, 7) is 0. The van der Waals surface area contributed by atoms with Gasteiger partial charge in [-0.25, -0.2) is 4.39 Å². The summed E-state index contributed by atoms with van der Waals surface area (Å²) in [5, 5.41) is 0. The number of nitrogens with two attached hydrogens (primary N) is 1. The molecule has 0 aromatic heterocycles. The van der Waals surface area contributed by atoms with E-state index in [1.165, 1.54) is 25.7 Å². The molecule has 2 saturated carbocycles. The van der Waals surface area contributed by atoms with Crippen molar-refractivity contribution in [1.29, 1.82) is 0 Å². The van der Waals surface area contributed by atoms with Crippen LogP contribution < -0.4 is 5.73 Å². The van der Waals surface area contributed by atoms with Crippen molar-refractivity contribution in [2.75, 3.05) is 0 Å². The summed E-state index contributed by atoms with van der Waals surface area (Å²) in [4.78, 5) is 0. The quantitative estimate of drug-likeness (QED) is 0.726. The van der Waals surface area contributed by atoms with E-state index in [9.17, 15) is 4.39 Å². The second kappa shape index (κ2) is 4.18. The molecule has 0 aromatic rings. The van der Waals surface area contributed by atoms with Gasteiger partial charge in [0.15, 0.2) is 0 Å². The van der Waals surface area contributed by atoms with E-state index in [1.807, 2.05) is 0 Å². The summed E-state index contributed by atoms with van der Waals surface area (Å²) in [5.41, 5.74) is 4.93. The van der Waals surface area contributed by atoms with Gasteiger partial charge in [-0.05, 0) is 38.0 Å². The van der Waals surface area contributed by atoms with Crippen molar-refractivity contribution in [2.24, 2.45) is 11.7 Å². The topological polar surface area (TPSA) is 26.0 Å². The summed E-state index contributed by atoms with van der Waals surface area (Å²) < 4.78 is 14.4. The van der Waals surface area contributed by atoms with E-state index in [2.05, 4.69) is 0 Å². The van der Waals surface area contributed by atoms with Crippen molar-refractivity contribution in [3.05, 3.63) is 0 Å². The second-order valence-electron chi connectivity index (χ2n) is 5.36. The molecule has 2 aliphatic rings. The van der Waals surface area contributed by atoms with Gasteiger partial charge in [-0.2, -0.15) is 0 Å². The number of rotatable bonds is 2. The molecule has 0 bridgehead atoms. The maximum atomic E-state index is 14.4. The van der Waals surface area contributed by atoms with Crippen molar-refractivity contribution >= 4 is 0 Å². The van der Waals surface area contributed by atoms with Crippen molar-refractivity contribution in [2.45, 2.75) is 69.5 Å². The number of hydrogen-bond acceptors (Lipinski definition) is 1. The standard InChI is InChI=1S/C12H22FN/c13-12(7-3-6-11(14)9-12)8-10-4-1-2-5-10/h10-11H,1-9,14H2. The highest BCUT2D eigenvalue weighted by Crippen LogP contribution is 2.40. The normalized spacial score (nSPS) is 40.3. The zero-order valence-electron chi connectivity index (χ0n) is 8.97. The largest absolute Gasteiger partial charge is 0.328 e. The monoisotopic (exact) mass is 199 g/mol. The zero-order valence-corrected chi connectivity index (χ0v) is 8.97. The Morgan fingerprint density at radius 3 is 2.50 bits per heavy atom. The Kier molecular flexibility index (Phi) is 3.10. The smallest absolute Gasteiger partial charge is 0.112 e. The van der Waals surface area contributed by atoms with E-state index in [0.717, 1.165) is 25.7 Å². The van der Waals surface area contributed by atoms with E-state index in [1.54, 1.807) is 0 Å². The zero-order chi connectivity index (χ0) is 10.0. The van der Waals surface area contributed by atoms with E-state index < -0.39 is 5.67 Å². The van der Waals surface area contributed by atoms with Gasteiger partial charge in [0.1, 0.15) is 5.67 Å². The number of hydrogen-bond donors (Lipinski definition) is 1. The molecule has 2 atom stereocenters. The van der Waals surface area contributed by atoms with Crippen molar-refractivity contribution in [1.82, 2.24) is 0 Å². The van der Waals surface area contributed by atoms with Crippen LogP contribution in [-0.4, -0.2) is 11.7 Å². The molecule has 2 N–H and O–H groups in total. The van der Waals surface area contributed by atoms with Crippen molar-refractivity contribution in [3.63, 3.8) is 0 Å². The van der Waals surface area contributed by atoms with Crippen molar-refractivity contribution < 1.29 is 4.39 Å². The molecule has 0 saturated heterocycles. The molecule has 2 fully saturated rings. The summed E-state index contributed by atoms with van der Waals surface area (Å²) in [6.07, 6.45) is 9.31. The Hall–Kier alpha value is -0.110. The number of alkyl halides is 1. The lowest BCUT2D eigenvalue weighted by atomic mass is 9.78. The Morgan fingerprint density at radius 2 is 1.86 bits per heavy atom. The molecule has 2 aliphatic carbocycles. The predicted molar refractivity (Wildman–Crippen MR) is 56.9 cm³/mol. The lowest BCUT2D eigenvalue weighted by Gasteiger charge is -2.34. The fraction of sp³-hybridized carbons (Fsp3) is 1.00. The van der Waals surface area contributed by atoms with Crippen LogP contribution in [0.1, 0.15) is 57.8 Å². The van der Waals surface area contributed by atoms with E-state index in [-0.39, 0.29) is 6.04 Å². The maximum absolute atomic E-state index is 14.4. The lowest BCUT2D eigenvalue weighted by Crippen LogP contribution is -2.39. The van der Waals surface area contributed by atoms with Gasteiger partial charge < -0.3 is 5.73 Å². The summed E-state index contributed by atoms with van der Waals surface area (Å²) in [5.74, 6) is 0.658. The van der Waals surface area contributed by atoms with Gasteiger partial charge >= 0.3 is 0 Å². The van der Waals surface area contributed by atoms with Crippen molar-refractivity contribution in [3.8, 4) is 0 Å². The maximum Gasteiger partial charge on any atom is 0.112 e. The van der Waals surface area contributed by atoms with E-state index in [0.29, 0.717) is 12.3 Å². The molecule has 2 unspecified atom stereocenters. The first-order chi connectivity index (χ1) is 6.68. The van der Waals surface area contributed by atoms with Gasteiger partial charge in [0.2, 0.25) is 0 Å². The van der Waals surface area contributed by atoms with Gasteiger partial charge in [0.25, 0.3) is 0 Å². The first-order valence-corrected chi connectivity index (χ1v) is 6.12. The van der Waals surface area contributed by atoms with Gasteiger partial charge in [0.05, 0.1) is 0 Å². The molecular weight excluding hydrogens is 177 g/mol. The van der Waals surface area contributed by atoms with Crippen LogP contribution in [0.5, 0.6) is 0 Å². The minimum Gasteiger partial charge on any atom is -0.328 e. The Morgan fingerprint density at radius 1 is 1.14 bits per heavy atom. The minimum atomic E-state index is -0.910. The fourth-order valence-electron chi connectivity index (χ4n) is 3.27. The van der Waals surface area contributed by atoms with Crippen LogP contribution in [0.2, 0.25) is 0 Å². The van der Waals surface area contributed by atoms with E-state index in [4.69, 9.17) is 5.73 Å². The van der Waals surface area contributed by atoms with Gasteiger partial charge in [-0.3, -0.25) is 0 Å². The molecule has 2 rings (SSSR count). The average molecular weight is 199 g/mol. The van der Waals surface area contributed by atoms with Crippen LogP contribution >= 0.6 is 0 Å². The van der Waals surface area contributed by atoms with Gasteiger partial charge in [-0.15, -0.1) is 0 Å². The molecule has 2 heteroatoms. The highest BCUT2D eigenvalue weighted by Gasteiger charge is 2.37. The third kappa shape index (κ3) is 2.47. The van der Waals surface area contributed by atoms with Gasteiger partial charge in [0, 0.05) is 6.04 Å². The second-order valence-corrected chi connectivity index (χ2v) is 5.36. The predicted octanol–water partition coefficient (Wildman–Crippen LogP) is 3.18. The minimum absolute atomic E-state index is 0.121. The summed E-state index contributed by atoms with van der Waals surface area (Å²) in [7, 11) is 0. The number of halogens is 1. The molecule has 1 nitrogen and oxygen atoms in total. The average Bonchev–Trinajstić information content (AvgIpc) is 2.55.